The van der Waals surface area contributed by atoms with Gasteiger partial charge in [-0.05, 0) is 46.6 Å². The topological polar surface area (TPSA) is 24.9 Å². The van der Waals surface area contributed by atoms with Crippen LogP contribution in [0.3, 0.4) is 0 Å². The minimum atomic E-state index is 0.121. The number of rotatable bonds is 3. The van der Waals surface area contributed by atoms with Gasteiger partial charge in [0.05, 0.1) is 21.9 Å². The summed E-state index contributed by atoms with van der Waals surface area (Å²) in [5, 5.41) is 4.48. The Morgan fingerprint density at radius 2 is 1.94 bits per heavy atom. The summed E-state index contributed by atoms with van der Waals surface area (Å²) in [7, 11) is 0. The van der Waals surface area contributed by atoms with E-state index in [2.05, 4.69) is 33.2 Å². The number of pyridine rings is 1. The van der Waals surface area contributed by atoms with E-state index in [-0.39, 0.29) is 6.04 Å². The van der Waals surface area contributed by atoms with Crippen molar-refractivity contribution in [2.45, 2.75) is 13.0 Å². The van der Waals surface area contributed by atoms with Gasteiger partial charge in [0, 0.05) is 16.7 Å². The van der Waals surface area contributed by atoms with E-state index in [1.54, 1.807) is 18.5 Å². The van der Waals surface area contributed by atoms with Gasteiger partial charge in [-0.25, -0.2) is 0 Å². The molecule has 0 saturated carbocycles. The Labute approximate surface area is 124 Å². The maximum absolute atomic E-state index is 6.01. The molecule has 0 spiro atoms. The molecular formula is C13H11BrCl2N2. The average Bonchev–Trinajstić information content (AvgIpc) is 2.32. The molecule has 0 aliphatic rings. The third-order valence-electron chi connectivity index (χ3n) is 2.53. The molecule has 1 atom stereocenters. The van der Waals surface area contributed by atoms with Crippen LogP contribution in [0.5, 0.6) is 0 Å². The van der Waals surface area contributed by atoms with Gasteiger partial charge in [-0.15, -0.1) is 0 Å². The maximum Gasteiger partial charge on any atom is 0.0595 e. The molecular weight excluding hydrogens is 335 g/mol. The van der Waals surface area contributed by atoms with E-state index >= 15 is 0 Å². The molecule has 0 bridgehead atoms. The lowest BCUT2D eigenvalue weighted by Gasteiger charge is -2.16. The van der Waals surface area contributed by atoms with E-state index in [4.69, 9.17) is 23.2 Å². The van der Waals surface area contributed by atoms with Gasteiger partial charge in [-0.3, -0.25) is 4.98 Å². The Balaban J connectivity index is 2.16. The molecule has 2 rings (SSSR count). The second-order valence-electron chi connectivity index (χ2n) is 3.93. The molecule has 0 radical (unpaired) electrons. The molecule has 0 amide bonds. The van der Waals surface area contributed by atoms with Crippen molar-refractivity contribution in [3.63, 3.8) is 0 Å². The second-order valence-corrected chi connectivity index (χ2v) is 5.66. The molecule has 2 aromatic rings. The third kappa shape index (κ3) is 3.37. The molecule has 0 aliphatic heterocycles. The molecule has 1 aromatic carbocycles. The molecule has 94 valence electrons. The standard InChI is InChI=1S/C13H11BrCl2N2/c1-8(9-2-3-12(15)13(16)4-9)18-11-5-10(14)6-17-7-11/h2-8,18H,1H3. The lowest BCUT2D eigenvalue weighted by molar-refractivity contribution is 0.883. The van der Waals surface area contributed by atoms with Gasteiger partial charge in [0.15, 0.2) is 0 Å². The first-order chi connectivity index (χ1) is 8.56. The van der Waals surface area contributed by atoms with Gasteiger partial charge in [0.2, 0.25) is 0 Å². The Hall–Kier alpha value is -0.770. The number of benzene rings is 1. The van der Waals surface area contributed by atoms with Gasteiger partial charge >= 0.3 is 0 Å². The fourth-order valence-electron chi connectivity index (χ4n) is 1.61. The van der Waals surface area contributed by atoms with E-state index in [9.17, 15) is 0 Å². The van der Waals surface area contributed by atoms with E-state index in [0.717, 1.165) is 15.7 Å². The average molecular weight is 346 g/mol. The highest BCUT2D eigenvalue weighted by atomic mass is 79.9. The predicted octanol–water partition coefficient (Wildman–Crippen LogP) is 5.32. The van der Waals surface area contributed by atoms with Crippen LogP contribution in [-0.2, 0) is 0 Å². The minimum Gasteiger partial charge on any atom is -0.377 e. The van der Waals surface area contributed by atoms with Crippen molar-refractivity contribution in [3.8, 4) is 0 Å². The summed E-state index contributed by atoms with van der Waals surface area (Å²) in [6, 6.07) is 7.72. The van der Waals surface area contributed by atoms with E-state index < -0.39 is 0 Å². The molecule has 1 aromatic heterocycles. The Morgan fingerprint density at radius 3 is 2.61 bits per heavy atom. The molecule has 1 unspecified atom stereocenters. The Kier molecular flexibility index (Phi) is 4.49. The highest BCUT2D eigenvalue weighted by molar-refractivity contribution is 9.10. The van der Waals surface area contributed by atoms with E-state index in [1.165, 1.54) is 0 Å². The van der Waals surface area contributed by atoms with Crippen LogP contribution in [0.25, 0.3) is 0 Å². The smallest absolute Gasteiger partial charge is 0.0595 e. The van der Waals surface area contributed by atoms with Crippen LogP contribution in [0.2, 0.25) is 10.0 Å². The van der Waals surface area contributed by atoms with E-state index in [1.807, 2.05) is 18.2 Å². The number of anilines is 1. The number of nitrogens with one attached hydrogen (secondary N) is 1. The summed E-state index contributed by atoms with van der Waals surface area (Å²) in [6.45, 7) is 2.06. The lowest BCUT2D eigenvalue weighted by Crippen LogP contribution is -2.06. The SMILES string of the molecule is CC(Nc1cncc(Br)c1)c1ccc(Cl)c(Cl)c1. The van der Waals surface area contributed by atoms with Crippen molar-refractivity contribution in [2.75, 3.05) is 5.32 Å². The predicted molar refractivity (Wildman–Crippen MR) is 80.4 cm³/mol. The normalized spacial score (nSPS) is 12.2. The molecule has 0 saturated heterocycles. The maximum atomic E-state index is 6.01. The minimum absolute atomic E-state index is 0.121. The van der Waals surface area contributed by atoms with Crippen molar-refractivity contribution in [3.05, 3.63) is 56.7 Å². The zero-order chi connectivity index (χ0) is 13.1. The van der Waals surface area contributed by atoms with Crippen LogP contribution >= 0.6 is 39.1 Å². The lowest BCUT2D eigenvalue weighted by atomic mass is 10.1. The number of hydrogen-bond acceptors (Lipinski definition) is 2. The molecule has 1 heterocycles. The van der Waals surface area contributed by atoms with Crippen molar-refractivity contribution in [2.24, 2.45) is 0 Å². The summed E-state index contributed by atoms with van der Waals surface area (Å²) in [5.74, 6) is 0. The number of aromatic nitrogens is 1. The Bertz CT molecular complexity index is 560. The molecule has 18 heavy (non-hydrogen) atoms. The van der Waals surface area contributed by atoms with Crippen LogP contribution in [0.4, 0.5) is 5.69 Å². The van der Waals surface area contributed by atoms with Crippen molar-refractivity contribution in [1.82, 2.24) is 4.98 Å². The number of hydrogen-bond donors (Lipinski definition) is 1. The fraction of sp³-hybridized carbons (Fsp3) is 0.154. The van der Waals surface area contributed by atoms with Gasteiger partial charge in [0.25, 0.3) is 0 Å². The molecule has 2 nitrogen and oxygen atoms in total. The summed E-state index contributed by atoms with van der Waals surface area (Å²) in [6.07, 6.45) is 3.52. The first kappa shape index (κ1) is 13.7. The second kappa shape index (κ2) is 5.91. The third-order valence-corrected chi connectivity index (χ3v) is 3.70. The highest BCUT2D eigenvalue weighted by Gasteiger charge is 2.08. The molecule has 0 aliphatic carbocycles. The summed E-state index contributed by atoms with van der Waals surface area (Å²) >= 11 is 15.3. The first-order valence-electron chi connectivity index (χ1n) is 5.38. The molecule has 5 heteroatoms. The van der Waals surface area contributed by atoms with Gasteiger partial charge in [-0.1, -0.05) is 29.3 Å². The van der Waals surface area contributed by atoms with Gasteiger partial charge in [-0.2, -0.15) is 0 Å². The largest absolute Gasteiger partial charge is 0.377 e. The van der Waals surface area contributed by atoms with Crippen molar-refractivity contribution in [1.29, 1.82) is 0 Å². The quantitative estimate of drug-likeness (QED) is 0.813. The van der Waals surface area contributed by atoms with Crippen LogP contribution < -0.4 is 5.32 Å². The van der Waals surface area contributed by atoms with Crippen molar-refractivity contribution < 1.29 is 0 Å². The van der Waals surface area contributed by atoms with Gasteiger partial charge in [0.1, 0.15) is 0 Å². The summed E-state index contributed by atoms with van der Waals surface area (Å²) < 4.78 is 0.939. The fourth-order valence-corrected chi connectivity index (χ4v) is 2.28. The highest BCUT2D eigenvalue weighted by Crippen LogP contribution is 2.27. The van der Waals surface area contributed by atoms with Crippen molar-refractivity contribution >= 4 is 44.8 Å². The van der Waals surface area contributed by atoms with Crippen LogP contribution in [-0.4, -0.2) is 4.98 Å². The first-order valence-corrected chi connectivity index (χ1v) is 6.93. The zero-order valence-electron chi connectivity index (χ0n) is 9.62. The van der Waals surface area contributed by atoms with Crippen LogP contribution in [0.15, 0.2) is 41.1 Å². The Morgan fingerprint density at radius 1 is 1.17 bits per heavy atom. The number of halogens is 3. The summed E-state index contributed by atoms with van der Waals surface area (Å²) in [5.41, 5.74) is 2.02. The van der Waals surface area contributed by atoms with Crippen LogP contribution in [0, 0.1) is 0 Å². The zero-order valence-corrected chi connectivity index (χ0v) is 12.7. The number of nitrogens with zero attached hydrogens (tertiary/aromatic N) is 1. The molecule has 0 fully saturated rings. The summed E-state index contributed by atoms with van der Waals surface area (Å²) in [4.78, 5) is 4.11. The molecule has 1 N–H and O–H groups in total. The van der Waals surface area contributed by atoms with Gasteiger partial charge < -0.3 is 5.32 Å². The van der Waals surface area contributed by atoms with Crippen LogP contribution in [0.1, 0.15) is 18.5 Å². The van der Waals surface area contributed by atoms with E-state index in [0.29, 0.717) is 10.0 Å². The monoisotopic (exact) mass is 344 g/mol.